The summed E-state index contributed by atoms with van der Waals surface area (Å²) in [6.45, 7) is 3.53. The number of aromatic amines is 1. The van der Waals surface area contributed by atoms with Crippen LogP contribution in [0.2, 0.25) is 0 Å². The number of hydrogen-bond acceptors (Lipinski definition) is 4. The number of carbonyl (C=O) groups is 1. The number of nitrogens with one attached hydrogen (secondary N) is 1. The number of aryl methyl sites for hydroxylation is 1. The van der Waals surface area contributed by atoms with Crippen molar-refractivity contribution in [1.82, 2.24) is 24.9 Å². The molecule has 1 amide bonds. The van der Waals surface area contributed by atoms with Crippen molar-refractivity contribution >= 4 is 5.91 Å². The van der Waals surface area contributed by atoms with Gasteiger partial charge >= 0.3 is 0 Å². The van der Waals surface area contributed by atoms with Crippen LogP contribution in [-0.2, 0) is 19.6 Å². The lowest BCUT2D eigenvalue weighted by atomic mass is 10.1. The quantitative estimate of drug-likeness (QED) is 0.759. The highest BCUT2D eigenvalue weighted by molar-refractivity contribution is 5.93. The predicted octanol–water partition coefficient (Wildman–Crippen LogP) is 1.73. The molecule has 7 heteroatoms. The molecule has 1 aliphatic heterocycles. The van der Waals surface area contributed by atoms with Crippen molar-refractivity contribution in [2.45, 2.75) is 26.6 Å². The van der Waals surface area contributed by atoms with Crippen molar-refractivity contribution in [3.05, 3.63) is 59.0 Å². The van der Waals surface area contributed by atoms with Crippen LogP contribution in [0, 0.1) is 6.92 Å². The van der Waals surface area contributed by atoms with Gasteiger partial charge in [0.1, 0.15) is 5.69 Å². The van der Waals surface area contributed by atoms with Crippen LogP contribution in [0.3, 0.4) is 0 Å². The molecular weight excluding hydrogens is 318 g/mol. The van der Waals surface area contributed by atoms with Gasteiger partial charge in [0, 0.05) is 17.7 Å². The van der Waals surface area contributed by atoms with E-state index >= 15 is 0 Å². The summed E-state index contributed by atoms with van der Waals surface area (Å²) in [5, 5.41) is 20.5. The average molecular weight is 337 g/mol. The number of rotatable bonds is 4. The lowest BCUT2D eigenvalue weighted by Crippen LogP contribution is -2.26. The SMILES string of the molecule is Cc1ccc(-c2cc(C(=O)N3Cc4cnn(CCO)c4C3)[nH]n2)cc1. The van der Waals surface area contributed by atoms with Gasteiger partial charge in [0.2, 0.25) is 0 Å². The number of aliphatic hydroxyl groups is 1. The van der Waals surface area contributed by atoms with Gasteiger partial charge in [0.15, 0.2) is 0 Å². The molecule has 25 heavy (non-hydrogen) atoms. The minimum atomic E-state index is -0.0855. The van der Waals surface area contributed by atoms with E-state index in [0.717, 1.165) is 22.5 Å². The lowest BCUT2D eigenvalue weighted by molar-refractivity contribution is 0.0741. The van der Waals surface area contributed by atoms with Crippen molar-refractivity contribution in [3.63, 3.8) is 0 Å². The standard InChI is InChI=1S/C18H19N5O2/c1-12-2-4-13(5-3-12)15-8-16(21-20-15)18(25)22-10-14-9-19-23(6-7-24)17(14)11-22/h2-5,8-9,24H,6-7,10-11H2,1H3,(H,20,21). The molecule has 128 valence electrons. The third kappa shape index (κ3) is 2.83. The van der Waals surface area contributed by atoms with E-state index in [0.29, 0.717) is 25.3 Å². The summed E-state index contributed by atoms with van der Waals surface area (Å²) in [6, 6.07) is 9.82. The maximum absolute atomic E-state index is 12.8. The molecule has 0 aliphatic carbocycles. The zero-order valence-corrected chi connectivity index (χ0v) is 13.9. The van der Waals surface area contributed by atoms with Crippen molar-refractivity contribution < 1.29 is 9.90 Å². The maximum Gasteiger partial charge on any atom is 0.272 e. The zero-order chi connectivity index (χ0) is 17.4. The Bertz CT molecular complexity index is 910. The van der Waals surface area contributed by atoms with E-state index in [-0.39, 0.29) is 12.5 Å². The van der Waals surface area contributed by atoms with Gasteiger partial charge in [-0.25, -0.2) is 0 Å². The second-order valence-electron chi connectivity index (χ2n) is 6.26. The molecule has 0 radical (unpaired) electrons. The summed E-state index contributed by atoms with van der Waals surface area (Å²) in [4.78, 5) is 14.5. The minimum absolute atomic E-state index is 0.0303. The van der Waals surface area contributed by atoms with Gasteiger partial charge < -0.3 is 10.0 Å². The van der Waals surface area contributed by atoms with E-state index in [4.69, 9.17) is 5.11 Å². The predicted molar refractivity (Wildman–Crippen MR) is 91.7 cm³/mol. The molecule has 0 atom stereocenters. The smallest absolute Gasteiger partial charge is 0.272 e. The third-order valence-electron chi connectivity index (χ3n) is 4.49. The van der Waals surface area contributed by atoms with Gasteiger partial charge in [-0.1, -0.05) is 29.8 Å². The first-order chi connectivity index (χ1) is 12.2. The summed E-state index contributed by atoms with van der Waals surface area (Å²) in [6.07, 6.45) is 1.77. The van der Waals surface area contributed by atoms with Crippen LogP contribution in [0.4, 0.5) is 0 Å². The normalized spacial score (nSPS) is 13.3. The number of carbonyl (C=O) groups excluding carboxylic acids is 1. The Hall–Kier alpha value is -2.93. The first-order valence-corrected chi connectivity index (χ1v) is 8.22. The average Bonchev–Trinajstić information content (AvgIpc) is 3.32. The van der Waals surface area contributed by atoms with Crippen LogP contribution in [-0.4, -0.2) is 42.5 Å². The number of H-pyrrole nitrogens is 1. The number of amides is 1. The summed E-state index contributed by atoms with van der Waals surface area (Å²) >= 11 is 0. The number of aromatic nitrogens is 4. The van der Waals surface area contributed by atoms with Gasteiger partial charge in [-0.2, -0.15) is 10.2 Å². The van der Waals surface area contributed by atoms with Gasteiger partial charge in [0.05, 0.1) is 37.3 Å². The molecule has 4 rings (SSSR count). The molecule has 2 aromatic heterocycles. The molecular formula is C18H19N5O2. The number of hydrogen-bond donors (Lipinski definition) is 2. The van der Waals surface area contributed by atoms with E-state index in [1.165, 1.54) is 5.56 Å². The fourth-order valence-electron chi connectivity index (χ4n) is 3.11. The molecule has 2 N–H and O–H groups in total. The van der Waals surface area contributed by atoms with Gasteiger partial charge in [-0.15, -0.1) is 0 Å². The molecule has 3 aromatic rings. The van der Waals surface area contributed by atoms with Gasteiger partial charge in [-0.3, -0.25) is 14.6 Å². The highest BCUT2D eigenvalue weighted by Crippen LogP contribution is 2.25. The molecule has 0 saturated heterocycles. The van der Waals surface area contributed by atoms with Crippen LogP contribution in [0.1, 0.15) is 27.3 Å². The van der Waals surface area contributed by atoms with E-state index in [1.54, 1.807) is 21.8 Å². The van der Waals surface area contributed by atoms with Crippen molar-refractivity contribution in [3.8, 4) is 11.3 Å². The molecule has 0 spiro atoms. The van der Waals surface area contributed by atoms with Crippen molar-refractivity contribution in [2.24, 2.45) is 0 Å². The Kier molecular flexibility index (Phi) is 3.85. The second-order valence-corrected chi connectivity index (χ2v) is 6.26. The highest BCUT2D eigenvalue weighted by atomic mass is 16.3. The highest BCUT2D eigenvalue weighted by Gasteiger charge is 2.28. The van der Waals surface area contributed by atoms with Crippen molar-refractivity contribution in [2.75, 3.05) is 6.61 Å². The van der Waals surface area contributed by atoms with Gasteiger partial charge in [-0.05, 0) is 13.0 Å². The van der Waals surface area contributed by atoms with E-state index in [2.05, 4.69) is 15.3 Å². The van der Waals surface area contributed by atoms with E-state index in [9.17, 15) is 4.79 Å². The maximum atomic E-state index is 12.8. The van der Waals surface area contributed by atoms with Crippen LogP contribution >= 0.6 is 0 Å². The van der Waals surface area contributed by atoms with Crippen molar-refractivity contribution in [1.29, 1.82) is 0 Å². The first kappa shape index (κ1) is 15.6. The van der Waals surface area contributed by atoms with Crippen LogP contribution in [0.25, 0.3) is 11.3 Å². The van der Waals surface area contributed by atoms with E-state index < -0.39 is 0 Å². The molecule has 0 fully saturated rings. The molecule has 1 aromatic carbocycles. The number of fused-ring (bicyclic) bond motifs is 1. The Balaban J connectivity index is 1.52. The topological polar surface area (TPSA) is 87.0 Å². The number of aliphatic hydroxyl groups excluding tert-OH is 1. The Labute approximate surface area is 144 Å². The molecule has 3 heterocycles. The Morgan fingerprint density at radius 3 is 2.84 bits per heavy atom. The Morgan fingerprint density at radius 1 is 1.28 bits per heavy atom. The fourth-order valence-corrected chi connectivity index (χ4v) is 3.11. The zero-order valence-electron chi connectivity index (χ0n) is 13.9. The minimum Gasteiger partial charge on any atom is -0.394 e. The largest absolute Gasteiger partial charge is 0.394 e. The summed E-state index contributed by atoms with van der Waals surface area (Å²) < 4.78 is 1.76. The lowest BCUT2D eigenvalue weighted by Gasteiger charge is -2.14. The second kappa shape index (κ2) is 6.18. The molecule has 7 nitrogen and oxygen atoms in total. The monoisotopic (exact) mass is 337 g/mol. The summed E-state index contributed by atoms with van der Waals surface area (Å²) in [7, 11) is 0. The van der Waals surface area contributed by atoms with Crippen LogP contribution in [0.5, 0.6) is 0 Å². The summed E-state index contributed by atoms with van der Waals surface area (Å²) in [5.74, 6) is -0.0855. The summed E-state index contributed by atoms with van der Waals surface area (Å²) in [5.41, 5.74) is 5.40. The fraction of sp³-hybridized carbons (Fsp3) is 0.278. The molecule has 0 bridgehead atoms. The van der Waals surface area contributed by atoms with E-state index in [1.807, 2.05) is 31.2 Å². The third-order valence-corrected chi connectivity index (χ3v) is 4.49. The first-order valence-electron chi connectivity index (χ1n) is 8.22. The molecule has 0 saturated carbocycles. The van der Waals surface area contributed by atoms with Gasteiger partial charge in [0.25, 0.3) is 5.91 Å². The van der Waals surface area contributed by atoms with Crippen LogP contribution in [0.15, 0.2) is 36.5 Å². The van der Waals surface area contributed by atoms with Crippen LogP contribution < -0.4 is 0 Å². The Morgan fingerprint density at radius 2 is 2.08 bits per heavy atom. The number of nitrogens with zero attached hydrogens (tertiary/aromatic N) is 4. The molecule has 1 aliphatic rings. The number of benzene rings is 1. The molecule has 0 unspecified atom stereocenters.